The zero-order valence-corrected chi connectivity index (χ0v) is 16.1. The van der Waals surface area contributed by atoms with Crippen LogP contribution in [0.2, 0.25) is 0 Å². The van der Waals surface area contributed by atoms with Crippen molar-refractivity contribution in [2.75, 3.05) is 12.4 Å². The number of nitriles is 1. The van der Waals surface area contributed by atoms with Gasteiger partial charge in [-0.3, -0.25) is 9.36 Å². The Labute approximate surface area is 162 Å². The smallest absolute Gasteiger partial charge is 0.266 e. The maximum Gasteiger partial charge on any atom is 0.266 e. The summed E-state index contributed by atoms with van der Waals surface area (Å²) in [6.07, 6.45) is 1.57. The maximum atomic E-state index is 12.6. The molecule has 2 heterocycles. The standard InChI is InChI=1S/C21H20N4O3/c1-13-9-16(15(3)25(13)20-10-14(2)28-24-20)11-17(12-22)21(26)23-18-7-5-6-8-19(18)27-4/h5-11H,1-4H3,(H,23,26)/b17-11+. The zero-order valence-electron chi connectivity index (χ0n) is 16.1. The van der Waals surface area contributed by atoms with E-state index in [9.17, 15) is 10.1 Å². The molecule has 3 rings (SSSR count). The van der Waals surface area contributed by atoms with Crippen LogP contribution in [0.15, 0.2) is 46.5 Å². The molecule has 1 amide bonds. The van der Waals surface area contributed by atoms with Crippen LogP contribution in [0.25, 0.3) is 11.9 Å². The van der Waals surface area contributed by atoms with E-state index in [1.807, 2.05) is 43.5 Å². The van der Waals surface area contributed by atoms with Gasteiger partial charge in [0.05, 0.1) is 12.8 Å². The number of aryl methyl sites for hydroxylation is 2. The summed E-state index contributed by atoms with van der Waals surface area (Å²) >= 11 is 0. The number of para-hydroxylation sites is 2. The number of carbonyl (C=O) groups excluding carboxylic acids is 1. The van der Waals surface area contributed by atoms with E-state index in [4.69, 9.17) is 9.26 Å². The first-order valence-corrected chi connectivity index (χ1v) is 8.63. The van der Waals surface area contributed by atoms with Crippen LogP contribution in [0.1, 0.15) is 22.7 Å². The van der Waals surface area contributed by atoms with E-state index in [2.05, 4.69) is 10.5 Å². The SMILES string of the molecule is COc1ccccc1NC(=O)/C(C#N)=C/c1cc(C)n(-c2cc(C)on2)c1C. The van der Waals surface area contributed by atoms with Gasteiger partial charge in [0.25, 0.3) is 5.91 Å². The molecule has 0 aliphatic heterocycles. The Morgan fingerprint density at radius 1 is 1.29 bits per heavy atom. The van der Waals surface area contributed by atoms with E-state index >= 15 is 0 Å². The Hall–Kier alpha value is -3.79. The van der Waals surface area contributed by atoms with Gasteiger partial charge in [-0.25, -0.2) is 0 Å². The van der Waals surface area contributed by atoms with Crippen LogP contribution in [-0.2, 0) is 4.79 Å². The van der Waals surface area contributed by atoms with Gasteiger partial charge in [0.15, 0.2) is 5.82 Å². The Kier molecular flexibility index (Phi) is 5.32. The van der Waals surface area contributed by atoms with Crippen molar-refractivity contribution < 1.29 is 14.1 Å². The van der Waals surface area contributed by atoms with Crippen LogP contribution in [-0.4, -0.2) is 22.7 Å². The number of nitrogens with one attached hydrogen (secondary N) is 1. The number of nitrogens with zero attached hydrogens (tertiary/aromatic N) is 3. The highest BCUT2D eigenvalue weighted by Gasteiger charge is 2.16. The highest BCUT2D eigenvalue weighted by Crippen LogP contribution is 2.25. The molecular formula is C21H20N4O3. The van der Waals surface area contributed by atoms with Crippen LogP contribution in [0, 0.1) is 32.1 Å². The summed E-state index contributed by atoms with van der Waals surface area (Å²) in [4.78, 5) is 12.6. The number of carbonyl (C=O) groups is 1. The van der Waals surface area contributed by atoms with Crippen molar-refractivity contribution in [3.8, 4) is 17.6 Å². The predicted octanol–water partition coefficient (Wildman–Crippen LogP) is 3.94. The fraction of sp³-hybridized carbons (Fsp3) is 0.190. The zero-order chi connectivity index (χ0) is 20.3. The summed E-state index contributed by atoms with van der Waals surface area (Å²) in [5.41, 5.74) is 3.01. The largest absolute Gasteiger partial charge is 0.495 e. The van der Waals surface area contributed by atoms with Gasteiger partial charge in [0.2, 0.25) is 0 Å². The number of aromatic nitrogens is 2. The van der Waals surface area contributed by atoms with Crippen molar-refractivity contribution >= 4 is 17.7 Å². The number of amides is 1. The van der Waals surface area contributed by atoms with Gasteiger partial charge in [0.1, 0.15) is 23.2 Å². The average molecular weight is 376 g/mol. The second kappa shape index (κ2) is 7.84. The molecule has 142 valence electrons. The third kappa shape index (κ3) is 3.67. The Morgan fingerprint density at radius 3 is 2.68 bits per heavy atom. The Balaban J connectivity index is 1.93. The molecule has 0 spiro atoms. The first-order valence-electron chi connectivity index (χ1n) is 8.63. The number of hydrogen-bond acceptors (Lipinski definition) is 5. The van der Waals surface area contributed by atoms with E-state index in [-0.39, 0.29) is 5.57 Å². The van der Waals surface area contributed by atoms with Gasteiger partial charge in [-0.15, -0.1) is 0 Å². The molecule has 0 unspecified atom stereocenters. The number of methoxy groups -OCH3 is 1. The molecule has 0 aliphatic rings. The summed E-state index contributed by atoms with van der Waals surface area (Å²) in [6, 6.07) is 12.7. The van der Waals surface area contributed by atoms with E-state index in [0.29, 0.717) is 23.0 Å². The molecular weight excluding hydrogens is 356 g/mol. The van der Waals surface area contributed by atoms with Crippen LogP contribution in [0.3, 0.4) is 0 Å². The second-order valence-corrected chi connectivity index (χ2v) is 6.28. The van der Waals surface area contributed by atoms with Crippen molar-refractivity contribution in [2.24, 2.45) is 0 Å². The third-order valence-electron chi connectivity index (χ3n) is 4.33. The fourth-order valence-corrected chi connectivity index (χ4v) is 2.99. The maximum absolute atomic E-state index is 12.6. The lowest BCUT2D eigenvalue weighted by Gasteiger charge is -2.09. The quantitative estimate of drug-likeness (QED) is 0.538. The monoisotopic (exact) mass is 376 g/mol. The van der Waals surface area contributed by atoms with E-state index < -0.39 is 5.91 Å². The normalized spacial score (nSPS) is 11.2. The van der Waals surface area contributed by atoms with Crippen molar-refractivity contribution in [2.45, 2.75) is 20.8 Å². The third-order valence-corrected chi connectivity index (χ3v) is 4.33. The van der Waals surface area contributed by atoms with Crippen LogP contribution < -0.4 is 10.1 Å². The molecule has 7 heteroatoms. The van der Waals surface area contributed by atoms with Gasteiger partial charge in [0, 0.05) is 17.5 Å². The second-order valence-electron chi connectivity index (χ2n) is 6.28. The molecule has 1 N–H and O–H groups in total. The van der Waals surface area contributed by atoms with Gasteiger partial charge in [-0.1, -0.05) is 17.3 Å². The minimum Gasteiger partial charge on any atom is -0.495 e. The first kappa shape index (κ1) is 19.0. The summed E-state index contributed by atoms with van der Waals surface area (Å²) < 4.78 is 12.3. The first-order chi connectivity index (χ1) is 13.4. The lowest BCUT2D eigenvalue weighted by atomic mass is 10.1. The molecule has 28 heavy (non-hydrogen) atoms. The average Bonchev–Trinajstić information content (AvgIpc) is 3.22. The molecule has 0 fully saturated rings. The molecule has 0 atom stereocenters. The Morgan fingerprint density at radius 2 is 2.04 bits per heavy atom. The summed E-state index contributed by atoms with van der Waals surface area (Å²) in [6.45, 7) is 5.65. The highest BCUT2D eigenvalue weighted by molar-refractivity contribution is 6.10. The number of benzene rings is 1. The van der Waals surface area contributed by atoms with Crippen LogP contribution in [0.5, 0.6) is 5.75 Å². The predicted molar refractivity (Wildman–Crippen MR) is 105 cm³/mol. The van der Waals surface area contributed by atoms with Crippen molar-refractivity contribution in [3.05, 3.63) is 64.7 Å². The van der Waals surface area contributed by atoms with Crippen molar-refractivity contribution in [1.29, 1.82) is 5.26 Å². The molecule has 1 aromatic carbocycles. The molecule has 0 aliphatic carbocycles. The summed E-state index contributed by atoms with van der Waals surface area (Å²) in [7, 11) is 1.52. The fourth-order valence-electron chi connectivity index (χ4n) is 2.99. The minimum absolute atomic E-state index is 0.0116. The lowest BCUT2D eigenvalue weighted by Crippen LogP contribution is -2.14. The number of anilines is 1. The highest BCUT2D eigenvalue weighted by atomic mass is 16.5. The van der Waals surface area contributed by atoms with Crippen LogP contribution >= 0.6 is 0 Å². The summed E-state index contributed by atoms with van der Waals surface area (Å²) in [5, 5.41) is 16.3. The van der Waals surface area contributed by atoms with Crippen molar-refractivity contribution in [3.63, 3.8) is 0 Å². The van der Waals surface area contributed by atoms with Gasteiger partial charge in [-0.05, 0) is 50.6 Å². The molecule has 7 nitrogen and oxygen atoms in total. The minimum atomic E-state index is -0.505. The molecule has 2 aromatic heterocycles. The molecule has 0 saturated carbocycles. The Bertz CT molecular complexity index is 1100. The van der Waals surface area contributed by atoms with Crippen LogP contribution in [0.4, 0.5) is 5.69 Å². The molecule has 0 radical (unpaired) electrons. The van der Waals surface area contributed by atoms with Gasteiger partial charge in [-0.2, -0.15) is 5.26 Å². The van der Waals surface area contributed by atoms with E-state index in [1.54, 1.807) is 30.3 Å². The molecule has 0 saturated heterocycles. The number of hydrogen-bond donors (Lipinski definition) is 1. The summed E-state index contributed by atoms with van der Waals surface area (Å²) in [5.74, 6) is 1.37. The lowest BCUT2D eigenvalue weighted by molar-refractivity contribution is -0.112. The molecule has 0 bridgehead atoms. The van der Waals surface area contributed by atoms with E-state index in [0.717, 1.165) is 17.0 Å². The topological polar surface area (TPSA) is 93.1 Å². The number of rotatable bonds is 5. The van der Waals surface area contributed by atoms with Gasteiger partial charge >= 0.3 is 0 Å². The van der Waals surface area contributed by atoms with Crippen molar-refractivity contribution in [1.82, 2.24) is 9.72 Å². The molecule has 3 aromatic rings. The van der Waals surface area contributed by atoms with E-state index in [1.165, 1.54) is 7.11 Å². The number of ether oxygens (including phenoxy) is 1. The van der Waals surface area contributed by atoms with Gasteiger partial charge < -0.3 is 14.6 Å².